The summed E-state index contributed by atoms with van der Waals surface area (Å²) in [5, 5.41) is 14.5. The van der Waals surface area contributed by atoms with E-state index in [2.05, 4.69) is 30.6 Å². The van der Waals surface area contributed by atoms with E-state index in [1.54, 1.807) is 6.20 Å². The van der Waals surface area contributed by atoms with Gasteiger partial charge in [-0.25, -0.2) is 4.98 Å². The number of piperidine rings is 1. The number of anilines is 1. The van der Waals surface area contributed by atoms with E-state index in [4.69, 9.17) is 9.47 Å². The Labute approximate surface area is 212 Å². The molecule has 2 aliphatic heterocycles. The van der Waals surface area contributed by atoms with Gasteiger partial charge in [0.2, 0.25) is 11.8 Å². The number of nitrogens with one attached hydrogen (secondary N) is 2. The number of aromatic nitrogens is 6. The van der Waals surface area contributed by atoms with Crippen molar-refractivity contribution in [2.24, 2.45) is 5.92 Å². The fraction of sp³-hybridized carbons (Fsp3) is 0.619. The predicted molar refractivity (Wildman–Crippen MR) is 124 cm³/mol. The first kappa shape index (κ1) is 25.8. The highest BCUT2D eigenvalue weighted by molar-refractivity contribution is 7.79. The Balaban J connectivity index is 1.40. The van der Waals surface area contributed by atoms with Gasteiger partial charge in [0.15, 0.2) is 11.8 Å². The molecule has 16 heteroatoms. The number of hydrogen-bond acceptors (Lipinski definition) is 10. The van der Waals surface area contributed by atoms with E-state index >= 15 is 0 Å². The zero-order chi connectivity index (χ0) is 26.2. The van der Waals surface area contributed by atoms with Crippen LogP contribution in [0.25, 0.3) is 16.9 Å². The molecule has 2 N–H and O–H groups in total. The van der Waals surface area contributed by atoms with Crippen molar-refractivity contribution in [2.45, 2.75) is 50.6 Å². The molecule has 5 atom stereocenters. The highest BCUT2D eigenvalue weighted by Gasteiger charge is 2.44. The fourth-order valence-electron chi connectivity index (χ4n) is 4.72. The Morgan fingerprint density at radius 1 is 1.35 bits per heavy atom. The number of fused-ring (bicyclic) bond motifs is 1. The largest absolute Gasteiger partial charge is 0.771 e. The molecule has 0 spiro atoms. The van der Waals surface area contributed by atoms with Gasteiger partial charge < -0.3 is 19.3 Å². The minimum Gasteiger partial charge on any atom is -0.771 e. The van der Waals surface area contributed by atoms with E-state index in [-0.39, 0.29) is 43.2 Å². The summed E-state index contributed by atoms with van der Waals surface area (Å²) in [5.41, 5.74) is 1.30. The number of aromatic amines is 1. The van der Waals surface area contributed by atoms with E-state index < -0.39 is 29.5 Å². The molecule has 5 rings (SSSR count). The topological polar surface area (TPSA) is 146 Å². The van der Waals surface area contributed by atoms with E-state index in [0.717, 1.165) is 0 Å². The average Bonchev–Trinajstić information content (AvgIpc) is 3.50. The number of alkyl halides is 3. The molecule has 3 aromatic rings. The molecule has 37 heavy (non-hydrogen) atoms. The zero-order valence-corrected chi connectivity index (χ0v) is 20.7. The van der Waals surface area contributed by atoms with Crippen LogP contribution in [0.5, 0.6) is 5.88 Å². The third-order valence-electron chi connectivity index (χ3n) is 6.58. The van der Waals surface area contributed by atoms with Gasteiger partial charge in [-0.15, -0.1) is 5.10 Å². The second-order valence-electron chi connectivity index (χ2n) is 9.30. The van der Waals surface area contributed by atoms with E-state index in [0.29, 0.717) is 42.4 Å². The van der Waals surface area contributed by atoms with Gasteiger partial charge in [0.1, 0.15) is 11.8 Å². The molecule has 5 heterocycles. The van der Waals surface area contributed by atoms with Gasteiger partial charge in [0.05, 0.1) is 24.9 Å². The summed E-state index contributed by atoms with van der Waals surface area (Å²) < 4.78 is 74.3. The Bertz CT molecular complexity index is 1240. The summed E-state index contributed by atoms with van der Waals surface area (Å²) in [6.45, 7) is 3.14. The van der Waals surface area contributed by atoms with Gasteiger partial charge in [0.25, 0.3) is 0 Å². The molecule has 12 nitrogen and oxygen atoms in total. The van der Waals surface area contributed by atoms with E-state index in [9.17, 15) is 21.9 Å². The first-order valence-corrected chi connectivity index (χ1v) is 13.1. The summed E-state index contributed by atoms with van der Waals surface area (Å²) in [6.07, 6.45) is -1.91. The van der Waals surface area contributed by atoms with Crippen molar-refractivity contribution in [3.63, 3.8) is 0 Å². The summed E-state index contributed by atoms with van der Waals surface area (Å²) in [4.78, 5) is 10.8. The maximum absolute atomic E-state index is 13.3. The SMILES string of the molecule is C[C@@H]1CN(CS(=O)[O-])CC[C@@H]1Nc1nc2cnc(-c3cn[nH]c3)c(OC3CCOC(C(F)(F)F)C3)n2n1. The smallest absolute Gasteiger partial charge is 0.414 e. The van der Waals surface area contributed by atoms with Crippen LogP contribution >= 0.6 is 0 Å². The lowest BCUT2D eigenvalue weighted by atomic mass is 9.94. The molecule has 2 fully saturated rings. The molecular weight excluding hydrogens is 517 g/mol. The lowest BCUT2D eigenvalue weighted by Gasteiger charge is -2.37. The van der Waals surface area contributed by atoms with Crippen LogP contribution in [0.4, 0.5) is 19.1 Å². The molecule has 0 bridgehead atoms. The van der Waals surface area contributed by atoms with Gasteiger partial charge >= 0.3 is 6.18 Å². The first-order valence-electron chi connectivity index (χ1n) is 11.8. The van der Waals surface area contributed by atoms with E-state index in [1.165, 1.54) is 16.9 Å². The second kappa shape index (κ2) is 10.5. The zero-order valence-electron chi connectivity index (χ0n) is 19.8. The molecule has 3 unspecified atom stereocenters. The minimum absolute atomic E-state index is 0.00228. The standard InChI is InChI=1S/C21H27F3N8O4S/c1-12-10-31(11-37(33)34)4-2-15(12)28-20-29-17-9-25-18(13-7-26-27-8-13)19(32(17)30-20)36-14-3-5-35-16(6-14)21(22,23)24/h7-9,12,14-16H,2-6,10-11H2,1H3,(H,26,27)(H,28,30)(H,33,34)/p-1/t12-,14?,15+,16?/m1/s1. The maximum atomic E-state index is 13.3. The number of H-pyrrole nitrogens is 1. The van der Waals surface area contributed by atoms with Crippen molar-refractivity contribution in [2.75, 3.05) is 30.9 Å². The van der Waals surface area contributed by atoms with Crippen molar-refractivity contribution in [1.29, 1.82) is 0 Å². The van der Waals surface area contributed by atoms with Crippen LogP contribution in [0, 0.1) is 5.92 Å². The van der Waals surface area contributed by atoms with Gasteiger partial charge in [-0.05, 0) is 23.4 Å². The minimum atomic E-state index is -4.49. The molecule has 0 radical (unpaired) electrons. The molecule has 2 aliphatic rings. The maximum Gasteiger partial charge on any atom is 0.414 e. The predicted octanol–water partition coefficient (Wildman–Crippen LogP) is 1.96. The molecular formula is C21H26F3N8O4S-. The summed E-state index contributed by atoms with van der Waals surface area (Å²) in [6, 6.07) is 0.00228. The van der Waals surface area contributed by atoms with Gasteiger partial charge in [0, 0.05) is 43.7 Å². The fourth-order valence-corrected chi connectivity index (χ4v) is 5.25. The number of hydrogen-bond donors (Lipinski definition) is 2. The van der Waals surface area contributed by atoms with Gasteiger partial charge in [-0.2, -0.15) is 27.8 Å². The quantitative estimate of drug-likeness (QED) is 0.424. The van der Waals surface area contributed by atoms with Crippen molar-refractivity contribution in [3.05, 3.63) is 18.6 Å². The number of ether oxygens (including phenoxy) is 2. The Morgan fingerprint density at radius 3 is 2.89 bits per heavy atom. The molecule has 0 aromatic carbocycles. The highest BCUT2D eigenvalue weighted by atomic mass is 32.2. The van der Waals surface area contributed by atoms with Crippen LogP contribution < -0.4 is 10.1 Å². The van der Waals surface area contributed by atoms with Crippen LogP contribution in [0.1, 0.15) is 26.2 Å². The summed E-state index contributed by atoms with van der Waals surface area (Å²) in [7, 11) is 0. The van der Waals surface area contributed by atoms with Crippen molar-refractivity contribution < 1.29 is 31.4 Å². The summed E-state index contributed by atoms with van der Waals surface area (Å²) in [5.74, 6) is 0.594. The lowest BCUT2D eigenvalue weighted by molar-refractivity contribution is -0.238. The van der Waals surface area contributed by atoms with Crippen LogP contribution in [-0.2, 0) is 15.8 Å². The van der Waals surface area contributed by atoms with Crippen molar-refractivity contribution in [3.8, 4) is 17.1 Å². The third-order valence-corrected chi connectivity index (χ3v) is 7.15. The third kappa shape index (κ3) is 5.86. The number of rotatable bonds is 7. The van der Waals surface area contributed by atoms with Crippen molar-refractivity contribution in [1.82, 2.24) is 34.7 Å². The average molecular weight is 544 g/mol. The van der Waals surface area contributed by atoms with Crippen LogP contribution in [0.2, 0.25) is 0 Å². The van der Waals surface area contributed by atoms with Crippen LogP contribution in [0.15, 0.2) is 18.6 Å². The van der Waals surface area contributed by atoms with Crippen LogP contribution in [-0.4, -0.2) is 93.4 Å². The highest BCUT2D eigenvalue weighted by Crippen LogP contribution is 2.34. The lowest BCUT2D eigenvalue weighted by Crippen LogP contribution is -2.46. The normalized spacial score (nSPS) is 26.3. The molecule has 3 aromatic heterocycles. The van der Waals surface area contributed by atoms with Crippen molar-refractivity contribution >= 4 is 22.7 Å². The van der Waals surface area contributed by atoms with Gasteiger partial charge in [-0.3, -0.25) is 14.2 Å². The molecule has 0 amide bonds. The number of halogens is 3. The summed E-state index contributed by atoms with van der Waals surface area (Å²) >= 11 is -2.14. The Kier molecular flexibility index (Phi) is 7.33. The molecule has 202 valence electrons. The van der Waals surface area contributed by atoms with E-state index in [1.807, 2.05) is 11.8 Å². The van der Waals surface area contributed by atoms with Crippen LogP contribution in [0.3, 0.4) is 0 Å². The molecule has 0 aliphatic carbocycles. The molecule has 0 saturated carbocycles. The Morgan fingerprint density at radius 2 is 2.19 bits per heavy atom. The first-order chi connectivity index (χ1) is 17.7. The van der Waals surface area contributed by atoms with Gasteiger partial charge in [-0.1, -0.05) is 6.92 Å². The monoisotopic (exact) mass is 543 g/mol. The number of likely N-dealkylation sites (tertiary alicyclic amines) is 1. The number of nitrogens with zero attached hydrogens (tertiary/aromatic N) is 6. The Hall–Kier alpha value is -2.82. The second-order valence-corrected chi connectivity index (χ2v) is 10.2. The molecule has 2 saturated heterocycles.